The second kappa shape index (κ2) is 6.94. The van der Waals surface area contributed by atoms with Crippen molar-refractivity contribution in [2.45, 2.75) is 45.7 Å². The van der Waals surface area contributed by atoms with Crippen molar-refractivity contribution in [1.29, 1.82) is 0 Å². The third-order valence-electron chi connectivity index (χ3n) is 4.33. The Labute approximate surface area is 127 Å². The van der Waals surface area contributed by atoms with Crippen LogP contribution in [-0.4, -0.2) is 43.0 Å². The minimum Gasteiger partial charge on any atom is -0.385 e. The first-order chi connectivity index (χ1) is 10.0. The van der Waals surface area contributed by atoms with E-state index in [-0.39, 0.29) is 11.9 Å². The molecule has 0 aromatic heterocycles. The molecule has 1 saturated heterocycles. The van der Waals surface area contributed by atoms with Crippen LogP contribution in [0.5, 0.6) is 0 Å². The van der Waals surface area contributed by atoms with E-state index in [0.717, 1.165) is 42.7 Å². The summed E-state index contributed by atoms with van der Waals surface area (Å²) >= 11 is 0. The molecule has 0 spiro atoms. The van der Waals surface area contributed by atoms with Gasteiger partial charge in [0.15, 0.2) is 0 Å². The van der Waals surface area contributed by atoms with E-state index < -0.39 is 0 Å². The number of carbonyl (C=O) groups is 1. The fourth-order valence-electron chi connectivity index (χ4n) is 2.87. The van der Waals surface area contributed by atoms with Gasteiger partial charge in [-0.2, -0.15) is 0 Å². The topological polar surface area (TPSA) is 44.4 Å². The zero-order valence-corrected chi connectivity index (χ0v) is 13.6. The summed E-state index contributed by atoms with van der Waals surface area (Å²) in [5.74, 6) is 0.0383. The molecule has 2 atom stereocenters. The van der Waals surface area contributed by atoms with Gasteiger partial charge in [-0.1, -0.05) is 11.6 Å². The van der Waals surface area contributed by atoms with Crippen LogP contribution in [0.15, 0.2) is 18.2 Å². The lowest BCUT2D eigenvalue weighted by atomic mass is 9.98. The number of hydrogen-bond donors (Lipinski definition) is 2. The second-order valence-corrected chi connectivity index (χ2v) is 6.10. The first-order valence-corrected chi connectivity index (χ1v) is 7.87. The van der Waals surface area contributed by atoms with Gasteiger partial charge in [-0.25, -0.2) is 0 Å². The molecule has 0 aliphatic carbocycles. The van der Waals surface area contributed by atoms with Crippen LogP contribution >= 0.6 is 0 Å². The third kappa shape index (κ3) is 3.97. The van der Waals surface area contributed by atoms with Gasteiger partial charge in [-0.15, -0.1) is 0 Å². The number of piperidine rings is 1. The van der Waals surface area contributed by atoms with Gasteiger partial charge in [-0.3, -0.25) is 4.79 Å². The molecule has 1 aromatic rings. The van der Waals surface area contributed by atoms with E-state index in [4.69, 9.17) is 0 Å². The molecular weight excluding hydrogens is 262 g/mol. The highest BCUT2D eigenvalue weighted by Crippen LogP contribution is 2.20. The molecule has 116 valence electrons. The Bertz CT molecular complexity index is 501. The summed E-state index contributed by atoms with van der Waals surface area (Å²) in [5, 5.41) is 6.47. The molecule has 1 aliphatic heterocycles. The van der Waals surface area contributed by atoms with E-state index in [9.17, 15) is 4.79 Å². The third-order valence-corrected chi connectivity index (χ3v) is 4.33. The van der Waals surface area contributed by atoms with Gasteiger partial charge in [0, 0.05) is 30.9 Å². The normalized spacial score (nSPS) is 22.9. The van der Waals surface area contributed by atoms with Crippen molar-refractivity contribution < 1.29 is 4.79 Å². The zero-order chi connectivity index (χ0) is 15.4. The molecule has 2 rings (SSSR count). The molecule has 1 aliphatic rings. The van der Waals surface area contributed by atoms with Gasteiger partial charge in [0.05, 0.1) is 5.56 Å². The van der Waals surface area contributed by atoms with Crippen LogP contribution in [0.4, 0.5) is 5.69 Å². The maximum Gasteiger partial charge on any atom is 0.253 e. The van der Waals surface area contributed by atoms with Gasteiger partial charge in [0.1, 0.15) is 0 Å². The number of benzene rings is 1. The van der Waals surface area contributed by atoms with E-state index in [1.807, 2.05) is 32.0 Å². The van der Waals surface area contributed by atoms with Crippen molar-refractivity contribution in [3.8, 4) is 0 Å². The van der Waals surface area contributed by atoms with Gasteiger partial charge in [0.2, 0.25) is 0 Å². The molecule has 0 bridgehead atoms. The standard InChI is InChI=1S/C17H27N3O/c1-5-18-16-7-6-12(2)10-15(16)17(21)19-14-8-9-20(4)13(3)11-14/h6-7,10,13-14,18H,5,8-9,11H2,1-4H3,(H,19,21). The van der Waals surface area contributed by atoms with E-state index >= 15 is 0 Å². The van der Waals surface area contributed by atoms with Gasteiger partial charge in [-0.05, 0) is 52.8 Å². The molecule has 21 heavy (non-hydrogen) atoms. The molecule has 0 radical (unpaired) electrons. The zero-order valence-electron chi connectivity index (χ0n) is 13.6. The van der Waals surface area contributed by atoms with Crippen LogP contribution in [0.3, 0.4) is 0 Å². The average molecular weight is 289 g/mol. The Balaban J connectivity index is 2.08. The molecule has 4 heteroatoms. The smallest absolute Gasteiger partial charge is 0.253 e. The lowest BCUT2D eigenvalue weighted by Gasteiger charge is -2.35. The predicted molar refractivity (Wildman–Crippen MR) is 87.9 cm³/mol. The minimum atomic E-state index is 0.0383. The predicted octanol–water partition coefficient (Wildman–Crippen LogP) is 2.64. The lowest BCUT2D eigenvalue weighted by Crippen LogP contribution is -2.47. The largest absolute Gasteiger partial charge is 0.385 e. The minimum absolute atomic E-state index is 0.0383. The number of amides is 1. The van der Waals surface area contributed by atoms with Crippen molar-refractivity contribution >= 4 is 11.6 Å². The van der Waals surface area contributed by atoms with Crippen LogP contribution < -0.4 is 10.6 Å². The summed E-state index contributed by atoms with van der Waals surface area (Å²) < 4.78 is 0. The Morgan fingerprint density at radius 2 is 2.19 bits per heavy atom. The Kier molecular flexibility index (Phi) is 5.23. The molecule has 4 nitrogen and oxygen atoms in total. The first-order valence-electron chi connectivity index (χ1n) is 7.87. The molecule has 0 saturated carbocycles. The van der Waals surface area contributed by atoms with Crippen LogP contribution in [0, 0.1) is 6.92 Å². The monoisotopic (exact) mass is 289 g/mol. The van der Waals surface area contributed by atoms with Crippen LogP contribution in [0.2, 0.25) is 0 Å². The van der Waals surface area contributed by atoms with Gasteiger partial charge < -0.3 is 15.5 Å². The van der Waals surface area contributed by atoms with Gasteiger partial charge >= 0.3 is 0 Å². The summed E-state index contributed by atoms with van der Waals surface area (Å²) in [6.45, 7) is 8.13. The summed E-state index contributed by atoms with van der Waals surface area (Å²) in [4.78, 5) is 14.9. The molecule has 1 aromatic carbocycles. The number of aryl methyl sites for hydroxylation is 1. The number of carbonyl (C=O) groups excluding carboxylic acids is 1. The fraction of sp³-hybridized carbons (Fsp3) is 0.588. The number of likely N-dealkylation sites (tertiary alicyclic amines) is 1. The molecular formula is C17H27N3O. The number of rotatable bonds is 4. The Morgan fingerprint density at radius 3 is 2.86 bits per heavy atom. The highest BCUT2D eigenvalue weighted by molar-refractivity contribution is 6.00. The van der Waals surface area contributed by atoms with E-state index in [0.29, 0.717) is 6.04 Å². The van der Waals surface area contributed by atoms with Crippen molar-refractivity contribution in [1.82, 2.24) is 10.2 Å². The Hall–Kier alpha value is -1.55. The average Bonchev–Trinajstić information content (AvgIpc) is 2.45. The van der Waals surface area contributed by atoms with E-state index in [2.05, 4.69) is 29.5 Å². The summed E-state index contributed by atoms with van der Waals surface area (Å²) in [7, 11) is 2.15. The van der Waals surface area contributed by atoms with E-state index in [1.165, 1.54) is 0 Å². The number of anilines is 1. The number of hydrogen-bond acceptors (Lipinski definition) is 3. The maximum atomic E-state index is 12.6. The van der Waals surface area contributed by atoms with Crippen molar-refractivity contribution in [3.63, 3.8) is 0 Å². The highest BCUT2D eigenvalue weighted by atomic mass is 16.1. The summed E-state index contributed by atoms with van der Waals surface area (Å²) in [5.41, 5.74) is 2.78. The number of nitrogens with one attached hydrogen (secondary N) is 2. The first kappa shape index (κ1) is 15.8. The summed E-state index contributed by atoms with van der Waals surface area (Å²) in [6, 6.07) is 6.79. The van der Waals surface area contributed by atoms with Crippen molar-refractivity contribution in [3.05, 3.63) is 29.3 Å². The van der Waals surface area contributed by atoms with Crippen LogP contribution in [-0.2, 0) is 0 Å². The van der Waals surface area contributed by atoms with Crippen molar-refractivity contribution in [2.24, 2.45) is 0 Å². The summed E-state index contributed by atoms with van der Waals surface area (Å²) in [6.07, 6.45) is 2.04. The highest BCUT2D eigenvalue weighted by Gasteiger charge is 2.24. The van der Waals surface area contributed by atoms with Crippen LogP contribution in [0.25, 0.3) is 0 Å². The van der Waals surface area contributed by atoms with Gasteiger partial charge in [0.25, 0.3) is 5.91 Å². The molecule has 1 fully saturated rings. The molecule has 1 heterocycles. The molecule has 1 amide bonds. The van der Waals surface area contributed by atoms with Crippen molar-refractivity contribution in [2.75, 3.05) is 25.5 Å². The SMILES string of the molecule is CCNc1ccc(C)cc1C(=O)NC1CCN(C)C(C)C1. The van der Waals surface area contributed by atoms with E-state index in [1.54, 1.807) is 0 Å². The number of nitrogens with zero attached hydrogens (tertiary/aromatic N) is 1. The van der Waals surface area contributed by atoms with Crippen LogP contribution in [0.1, 0.15) is 42.6 Å². The Morgan fingerprint density at radius 1 is 1.43 bits per heavy atom. The quantitative estimate of drug-likeness (QED) is 0.895. The fourth-order valence-corrected chi connectivity index (χ4v) is 2.87. The second-order valence-electron chi connectivity index (χ2n) is 6.10. The maximum absolute atomic E-state index is 12.6. The molecule has 2 unspecified atom stereocenters. The molecule has 2 N–H and O–H groups in total. The lowest BCUT2D eigenvalue weighted by molar-refractivity contribution is 0.0897.